The highest BCUT2D eigenvalue weighted by molar-refractivity contribution is 9.10. The SMILES string of the molecule is BC1(O)c2ncc(Br)cc2C(=O)N1Cc1c(F)cc(-c2cccc3nn(C)cc23)cc1F. The molecule has 0 radical (unpaired) electrons. The monoisotopic (exact) mass is 496 g/mol. The van der Waals surface area contributed by atoms with Gasteiger partial charge in [0, 0.05) is 34.9 Å². The zero-order chi connectivity index (χ0) is 22.8. The first-order valence-corrected chi connectivity index (χ1v) is 10.6. The van der Waals surface area contributed by atoms with Gasteiger partial charge in [0.2, 0.25) is 0 Å². The number of amides is 1. The van der Waals surface area contributed by atoms with Crippen molar-refractivity contribution < 1.29 is 18.7 Å². The topological polar surface area (TPSA) is 71.2 Å². The second-order valence-electron chi connectivity index (χ2n) is 7.92. The highest BCUT2D eigenvalue weighted by atomic mass is 79.9. The minimum atomic E-state index is -1.80. The Morgan fingerprint density at radius 1 is 1.19 bits per heavy atom. The Labute approximate surface area is 191 Å². The molecule has 32 heavy (non-hydrogen) atoms. The van der Waals surface area contributed by atoms with E-state index < -0.39 is 29.7 Å². The number of carbonyl (C=O) groups excluding carboxylic acids is 1. The summed E-state index contributed by atoms with van der Waals surface area (Å²) in [5, 5.41) is 16.0. The Balaban J connectivity index is 1.54. The summed E-state index contributed by atoms with van der Waals surface area (Å²) in [7, 11) is 3.16. The van der Waals surface area contributed by atoms with Crippen LogP contribution in [0.4, 0.5) is 8.78 Å². The summed E-state index contributed by atoms with van der Waals surface area (Å²) in [4.78, 5) is 18.0. The molecular weight excluding hydrogens is 481 g/mol. The van der Waals surface area contributed by atoms with Crippen molar-refractivity contribution in [1.82, 2.24) is 19.7 Å². The van der Waals surface area contributed by atoms with Gasteiger partial charge in [0.1, 0.15) is 17.3 Å². The standard InChI is InChI=1S/C22H16BBrF2N4O2/c1-29-9-15-13(3-2-4-19(15)28-29)11-5-17(25)16(18(26)6-11)10-30-21(31)14-7-12(24)8-27-20(14)22(30,23)32/h2-9,32H,10,23H2,1H3. The number of hydrogen-bond acceptors (Lipinski definition) is 4. The Morgan fingerprint density at radius 3 is 2.62 bits per heavy atom. The number of aryl methyl sites for hydroxylation is 1. The highest BCUT2D eigenvalue weighted by Crippen LogP contribution is 2.37. The Bertz CT molecular complexity index is 1400. The van der Waals surface area contributed by atoms with Crippen LogP contribution in [0, 0.1) is 11.6 Å². The average molecular weight is 497 g/mol. The van der Waals surface area contributed by atoms with Crippen molar-refractivity contribution >= 4 is 40.6 Å². The van der Waals surface area contributed by atoms with Crippen LogP contribution >= 0.6 is 15.9 Å². The van der Waals surface area contributed by atoms with Gasteiger partial charge in [-0.05, 0) is 51.3 Å². The molecule has 160 valence electrons. The van der Waals surface area contributed by atoms with E-state index in [-0.39, 0.29) is 16.8 Å². The van der Waals surface area contributed by atoms with E-state index in [0.717, 1.165) is 10.3 Å². The molecule has 1 atom stereocenters. The normalized spacial score (nSPS) is 17.9. The van der Waals surface area contributed by atoms with Gasteiger partial charge in [0.05, 0.1) is 23.3 Å². The molecule has 3 heterocycles. The van der Waals surface area contributed by atoms with Crippen molar-refractivity contribution in [2.45, 2.75) is 12.2 Å². The number of nitrogens with zero attached hydrogens (tertiary/aromatic N) is 4. The number of aliphatic hydroxyl groups is 1. The maximum atomic E-state index is 15.1. The number of pyridine rings is 1. The lowest BCUT2D eigenvalue weighted by Gasteiger charge is -2.30. The summed E-state index contributed by atoms with van der Waals surface area (Å²) in [5.74, 6) is -2.18. The fraction of sp³-hybridized carbons (Fsp3) is 0.136. The number of aromatic nitrogens is 3. The lowest BCUT2D eigenvalue weighted by molar-refractivity contribution is -0.0231. The Kier molecular flexibility index (Phi) is 4.68. The summed E-state index contributed by atoms with van der Waals surface area (Å²) in [6, 6.07) is 9.37. The van der Waals surface area contributed by atoms with E-state index in [4.69, 9.17) is 0 Å². The van der Waals surface area contributed by atoms with Gasteiger partial charge in [-0.1, -0.05) is 12.1 Å². The van der Waals surface area contributed by atoms with Gasteiger partial charge in [0.25, 0.3) is 5.91 Å². The molecular formula is C22H16BBrF2N4O2. The predicted molar refractivity (Wildman–Crippen MR) is 120 cm³/mol. The number of fused-ring (bicyclic) bond motifs is 2. The summed E-state index contributed by atoms with van der Waals surface area (Å²) in [6.45, 7) is -0.450. The number of halogens is 3. The third-order valence-corrected chi connectivity index (χ3v) is 6.17. The van der Waals surface area contributed by atoms with Crippen molar-refractivity contribution in [3.8, 4) is 11.1 Å². The summed E-state index contributed by atoms with van der Waals surface area (Å²) in [5.41, 5.74) is -0.0677. The number of hydrogen-bond donors (Lipinski definition) is 1. The molecule has 5 rings (SSSR count). The average Bonchev–Trinajstić information content (AvgIpc) is 3.19. The zero-order valence-electron chi connectivity index (χ0n) is 17.1. The van der Waals surface area contributed by atoms with E-state index in [9.17, 15) is 9.90 Å². The van der Waals surface area contributed by atoms with E-state index >= 15 is 8.78 Å². The van der Waals surface area contributed by atoms with Gasteiger partial charge >= 0.3 is 0 Å². The first-order valence-electron chi connectivity index (χ1n) is 9.78. The van der Waals surface area contributed by atoms with Crippen LogP contribution in [-0.4, -0.2) is 38.5 Å². The van der Waals surface area contributed by atoms with Gasteiger partial charge in [-0.3, -0.25) is 14.5 Å². The van der Waals surface area contributed by atoms with E-state index in [1.807, 2.05) is 6.07 Å². The molecule has 1 aliphatic heterocycles. The molecule has 1 unspecified atom stereocenters. The molecule has 0 fully saturated rings. The van der Waals surface area contributed by atoms with Crippen LogP contribution in [0.2, 0.25) is 0 Å². The van der Waals surface area contributed by atoms with Crippen LogP contribution in [0.3, 0.4) is 0 Å². The lowest BCUT2D eigenvalue weighted by Crippen LogP contribution is -2.44. The van der Waals surface area contributed by atoms with Crippen molar-refractivity contribution in [1.29, 1.82) is 0 Å². The first kappa shape index (κ1) is 20.8. The molecule has 10 heteroatoms. The Hall–Kier alpha value is -3.11. The molecule has 0 spiro atoms. The van der Waals surface area contributed by atoms with E-state index in [1.54, 1.807) is 30.1 Å². The van der Waals surface area contributed by atoms with Crippen molar-refractivity contribution in [2.24, 2.45) is 7.05 Å². The fourth-order valence-electron chi connectivity index (χ4n) is 4.16. The molecule has 0 bridgehead atoms. The maximum Gasteiger partial charge on any atom is 0.258 e. The fourth-order valence-corrected chi connectivity index (χ4v) is 4.49. The summed E-state index contributed by atoms with van der Waals surface area (Å²) in [6.07, 6.45) is 3.25. The van der Waals surface area contributed by atoms with Gasteiger partial charge in [0.15, 0.2) is 7.85 Å². The maximum absolute atomic E-state index is 15.1. The summed E-state index contributed by atoms with van der Waals surface area (Å²) >= 11 is 3.25. The molecule has 2 aromatic heterocycles. The van der Waals surface area contributed by atoms with Crippen LogP contribution in [0.25, 0.3) is 22.0 Å². The first-order chi connectivity index (χ1) is 15.2. The van der Waals surface area contributed by atoms with Gasteiger partial charge in [-0.15, -0.1) is 0 Å². The number of carbonyl (C=O) groups is 1. The van der Waals surface area contributed by atoms with Crippen molar-refractivity contribution in [3.05, 3.63) is 81.7 Å². The number of rotatable bonds is 3. The van der Waals surface area contributed by atoms with Crippen molar-refractivity contribution in [3.63, 3.8) is 0 Å². The third kappa shape index (κ3) is 3.13. The lowest BCUT2D eigenvalue weighted by atomic mass is 9.87. The van der Waals surface area contributed by atoms with Crippen LogP contribution in [0.5, 0.6) is 0 Å². The zero-order valence-corrected chi connectivity index (χ0v) is 18.7. The summed E-state index contributed by atoms with van der Waals surface area (Å²) < 4.78 is 32.4. The van der Waals surface area contributed by atoms with Gasteiger partial charge in [-0.2, -0.15) is 5.10 Å². The van der Waals surface area contributed by atoms with E-state index in [1.165, 1.54) is 32.2 Å². The van der Waals surface area contributed by atoms with E-state index in [0.29, 0.717) is 21.1 Å². The molecule has 4 aromatic rings. The van der Waals surface area contributed by atoms with Crippen LogP contribution < -0.4 is 0 Å². The van der Waals surface area contributed by atoms with Crippen LogP contribution in [0.1, 0.15) is 21.6 Å². The van der Waals surface area contributed by atoms with Crippen LogP contribution in [0.15, 0.2) is 53.3 Å². The van der Waals surface area contributed by atoms with Gasteiger partial charge in [-0.25, -0.2) is 8.78 Å². The molecule has 6 nitrogen and oxygen atoms in total. The molecule has 1 amide bonds. The quantitative estimate of drug-likeness (QED) is 0.442. The molecule has 2 aromatic carbocycles. The molecule has 1 N–H and O–H groups in total. The minimum absolute atomic E-state index is 0.145. The highest BCUT2D eigenvalue weighted by Gasteiger charge is 2.46. The smallest absolute Gasteiger partial charge is 0.258 e. The second kappa shape index (κ2) is 7.21. The second-order valence-corrected chi connectivity index (χ2v) is 8.84. The largest absolute Gasteiger partial charge is 0.374 e. The van der Waals surface area contributed by atoms with Crippen molar-refractivity contribution in [2.75, 3.05) is 0 Å². The third-order valence-electron chi connectivity index (χ3n) is 5.74. The predicted octanol–water partition coefficient (Wildman–Crippen LogP) is 3.07. The molecule has 0 aliphatic carbocycles. The molecule has 0 saturated carbocycles. The molecule has 0 saturated heterocycles. The number of benzene rings is 2. The minimum Gasteiger partial charge on any atom is -0.374 e. The van der Waals surface area contributed by atoms with Crippen LogP contribution in [-0.2, 0) is 19.2 Å². The Morgan fingerprint density at radius 2 is 1.91 bits per heavy atom. The molecule has 1 aliphatic rings. The van der Waals surface area contributed by atoms with Gasteiger partial charge < -0.3 is 10.0 Å². The van der Waals surface area contributed by atoms with E-state index in [2.05, 4.69) is 26.0 Å².